The summed E-state index contributed by atoms with van der Waals surface area (Å²) in [5.41, 5.74) is 0. The van der Waals surface area contributed by atoms with Gasteiger partial charge in [0.2, 0.25) is 0 Å². The number of hydrogen-bond acceptors (Lipinski definition) is 5. The zero-order chi connectivity index (χ0) is 8.69. The van der Waals surface area contributed by atoms with Gasteiger partial charge in [-0.15, -0.1) is 0 Å². The molecule has 0 radical (unpaired) electrons. The van der Waals surface area contributed by atoms with Crippen LogP contribution in [0.25, 0.3) is 0 Å². The molecule has 2 N–H and O–H groups in total. The van der Waals surface area contributed by atoms with E-state index in [4.69, 9.17) is 0 Å². The van der Waals surface area contributed by atoms with Crippen LogP contribution in [0.5, 0.6) is 0 Å². The molecule has 0 unspecified atom stereocenters. The van der Waals surface area contributed by atoms with Crippen LogP contribution < -0.4 is 10.6 Å². The van der Waals surface area contributed by atoms with Gasteiger partial charge in [0.25, 0.3) is 0 Å². The van der Waals surface area contributed by atoms with E-state index < -0.39 is 11.7 Å². The molecule has 0 amide bonds. The van der Waals surface area contributed by atoms with Gasteiger partial charge in [-0.2, -0.15) is 0 Å². The third-order valence-corrected chi connectivity index (χ3v) is 2.01. The molecule has 0 aromatic carbocycles. The molecule has 0 spiro atoms. The number of nitrogens with one attached hydrogen (secondary N) is 2. The molecule has 6 nitrogen and oxygen atoms in total. The number of nitrogens with zero attached hydrogens (tertiary/aromatic N) is 1. The summed E-state index contributed by atoms with van der Waals surface area (Å²) in [5.74, 6) is 0. The van der Waals surface area contributed by atoms with Crippen LogP contribution in [0.1, 0.15) is 0 Å². The van der Waals surface area contributed by atoms with Crippen molar-refractivity contribution in [3.05, 3.63) is 10.1 Å². The zero-order valence-electron chi connectivity index (χ0n) is 5.99. The Bertz CT molecular complexity index is 152. The van der Waals surface area contributed by atoms with Gasteiger partial charge in [-0.1, -0.05) is 0 Å². The van der Waals surface area contributed by atoms with Crippen LogP contribution >= 0.6 is 0 Å². The molecular weight excluding hydrogens is 322 g/mol. The minimum atomic E-state index is -0.525. The van der Waals surface area contributed by atoms with E-state index in [0.717, 1.165) is 4.15 Å². The predicted octanol–water partition coefficient (Wildman–Crippen LogP) is -1.36. The summed E-state index contributed by atoms with van der Waals surface area (Å²) in [5, 5.41) is 15.4. The van der Waals surface area contributed by atoms with E-state index in [1.165, 1.54) is 19.4 Å². The van der Waals surface area contributed by atoms with Crippen LogP contribution in [0, 0.1) is 10.1 Å². The molecule has 0 bridgehead atoms. The molecule has 0 heterocycles. The van der Waals surface area contributed by atoms with Gasteiger partial charge in [0.15, 0.2) is 0 Å². The first-order chi connectivity index (χ1) is 5.16. The van der Waals surface area contributed by atoms with Gasteiger partial charge in [-0.3, -0.25) is 0 Å². The molecule has 0 fully saturated rings. The van der Waals surface area contributed by atoms with E-state index in [2.05, 4.69) is 15.4 Å². The standard InChI is InChI=1S/C4H9N3O3.W/c1-5-2-6-3-10-4-7(8)9;/h5-6H,3-4H2,1H3;. The summed E-state index contributed by atoms with van der Waals surface area (Å²) < 4.78 is 5.51. The molecular formula is C4H9N3O3W. The van der Waals surface area contributed by atoms with E-state index >= 15 is 0 Å². The van der Waals surface area contributed by atoms with Crippen molar-refractivity contribution in [2.24, 2.45) is 0 Å². The van der Waals surface area contributed by atoms with Crippen molar-refractivity contribution in [2.75, 3.05) is 20.5 Å². The van der Waals surface area contributed by atoms with Crippen LogP contribution in [0.15, 0.2) is 0 Å². The Morgan fingerprint density at radius 1 is 1.82 bits per heavy atom. The molecule has 0 atom stereocenters. The van der Waals surface area contributed by atoms with E-state index in [0.29, 0.717) is 0 Å². The van der Waals surface area contributed by atoms with Crippen molar-refractivity contribution in [3.8, 4) is 0 Å². The molecule has 11 heavy (non-hydrogen) atoms. The van der Waals surface area contributed by atoms with Crippen LogP contribution in [-0.2, 0) is 24.1 Å². The van der Waals surface area contributed by atoms with Crippen molar-refractivity contribution in [3.63, 3.8) is 0 Å². The van der Waals surface area contributed by atoms with Gasteiger partial charge in [-0.25, -0.2) is 0 Å². The van der Waals surface area contributed by atoms with Gasteiger partial charge < -0.3 is 0 Å². The summed E-state index contributed by atoms with van der Waals surface area (Å²) in [7, 11) is 1.77. The van der Waals surface area contributed by atoms with E-state index in [1.54, 1.807) is 7.05 Å². The molecule has 0 aliphatic carbocycles. The topological polar surface area (TPSA) is 76.4 Å². The van der Waals surface area contributed by atoms with E-state index in [1.807, 2.05) is 0 Å². The third kappa shape index (κ3) is 7.74. The Morgan fingerprint density at radius 2 is 2.45 bits per heavy atom. The second-order valence-corrected chi connectivity index (χ2v) is 3.03. The SMILES string of the molecule is CN[C](=[W])NCOC[N+](=O)[O-]. The van der Waals surface area contributed by atoms with Crippen LogP contribution in [0.2, 0.25) is 0 Å². The van der Waals surface area contributed by atoms with Crippen LogP contribution in [0.4, 0.5) is 0 Å². The van der Waals surface area contributed by atoms with Crippen LogP contribution in [0.3, 0.4) is 0 Å². The van der Waals surface area contributed by atoms with E-state index in [-0.39, 0.29) is 6.73 Å². The second kappa shape index (κ2) is 6.54. The molecule has 0 aromatic heterocycles. The summed E-state index contributed by atoms with van der Waals surface area (Å²) >= 11 is 1.23. The molecule has 0 rings (SSSR count). The summed E-state index contributed by atoms with van der Waals surface area (Å²) in [4.78, 5) is 9.22. The molecule has 0 saturated carbocycles. The Hall–Kier alpha value is -0.162. The fourth-order valence-corrected chi connectivity index (χ4v) is 0.537. The summed E-state index contributed by atoms with van der Waals surface area (Å²) in [6, 6.07) is 0. The van der Waals surface area contributed by atoms with Crippen molar-refractivity contribution < 1.29 is 29.0 Å². The first-order valence-electron chi connectivity index (χ1n) is 2.82. The van der Waals surface area contributed by atoms with Crippen molar-refractivity contribution in [1.82, 2.24) is 10.6 Å². The van der Waals surface area contributed by atoms with Gasteiger partial charge in [-0.05, 0) is 0 Å². The normalized spacial score (nSPS) is 9.55. The average molecular weight is 331 g/mol. The first kappa shape index (κ1) is 10.8. The zero-order valence-corrected chi connectivity index (χ0v) is 8.93. The van der Waals surface area contributed by atoms with Crippen LogP contribution in [-0.4, -0.2) is 29.6 Å². The first-order valence-corrected chi connectivity index (χ1v) is 4.28. The van der Waals surface area contributed by atoms with Gasteiger partial charge in [0, 0.05) is 0 Å². The quantitative estimate of drug-likeness (QED) is 0.272. The van der Waals surface area contributed by atoms with Gasteiger partial charge >= 0.3 is 74.4 Å². The fraction of sp³-hybridized carbons (Fsp3) is 0.750. The average Bonchev–Trinajstić information content (AvgIpc) is 1.97. The monoisotopic (exact) mass is 331 g/mol. The maximum absolute atomic E-state index is 9.75. The van der Waals surface area contributed by atoms with Crippen molar-refractivity contribution >= 4 is 4.15 Å². The molecule has 0 aliphatic rings. The molecule has 64 valence electrons. The number of ether oxygens (including phenoxy) is 1. The molecule has 0 aromatic rings. The van der Waals surface area contributed by atoms with E-state index in [9.17, 15) is 10.1 Å². The molecule has 0 saturated heterocycles. The number of nitro groups is 1. The maximum atomic E-state index is 9.75. The molecule has 7 heteroatoms. The fourth-order valence-electron chi connectivity index (χ4n) is 0.325. The van der Waals surface area contributed by atoms with Gasteiger partial charge in [0.1, 0.15) is 0 Å². The predicted molar refractivity (Wildman–Crippen MR) is 35.0 cm³/mol. The minimum absolute atomic E-state index is 0.167. The Labute approximate surface area is 74.9 Å². The summed E-state index contributed by atoms with van der Waals surface area (Å²) in [6.07, 6.45) is 0. The number of rotatable bonds is 6. The second-order valence-electron chi connectivity index (χ2n) is 1.57. The van der Waals surface area contributed by atoms with Crippen molar-refractivity contribution in [2.45, 2.75) is 0 Å². The summed E-state index contributed by atoms with van der Waals surface area (Å²) in [6.45, 7) is -0.292. The Morgan fingerprint density at radius 3 is 2.91 bits per heavy atom. The Kier molecular flexibility index (Phi) is 6.45. The van der Waals surface area contributed by atoms with Gasteiger partial charge in [0.05, 0.1) is 0 Å². The third-order valence-electron chi connectivity index (χ3n) is 0.759. The number of hydrogen-bond donors (Lipinski definition) is 2. The molecule has 0 aliphatic heterocycles. The van der Waals surface area contributed by atoms with Crippen molar-refractivity contribution in [1.29, 1.82) is 0 Å². The Balaban J connectivity index is 3.14.